The van der Waals surface area contributed by atoms with Gasteiger partial charge < -0.3 is 9.72 Å². The molecule has 1 atom stereocenters. The summed E-state index contributed by atoms with van der Waals surface area (Å²) in [5.41, 5.74) is 9.06. The molecule has 0 radical (unpaired) electrons. The summed E-state index contributed by atoms with van der Waals surface area (Å²) in [5.74, 6) is -0.329. The molecular formula is C31H32N2O2. The number of methoxy groups -OCH3 is 1. The van der Waals surface area contributed by atoms with Crippen LogP contribution in [0, 0.1) is 6.92 Å². The van der Waals surface area contributed by atoms with Crippen LogP contribution >= 0.6 is 0 Å². The number of nitrogens with one attached hydrogen (secondary N) is 1. The summed E-state index contributed by atoms with van der Waals surface area (Å²) in [6, 6.07) is 24.4. The van der Waals surface area contributed by atoms with E-state index in [1.165, 1.54) is 51.9 Å². The first-order valence-corrected chi connectivity index (χ1v) is 12.3. The molecule has 0 spiro atoms. The molecule has 178 valence electrons. The number of aromatic amines is 1. The molecule has 0 fully saturated rings. The lowest BCUT2D eigenvalue weighted by Crippen LogP contribution is -2.29. The number of fused-ring (bicyclic) bond motifs is 2. The summed E-state index contributed by atoms with van der Waals surface area (Å²) < 4.78 is 4.73. The molecule has 35 heavy (non-hydrogen) atoms. The van der Waals surface area contributed by atoms with E-state index in [0.717, 1.165) is 37.9 Å². The number of aryl methyl sites for hydroxylation is 2. The molecule has 1 N–H and O–H groups in total. The van der Waals surface area contributed by atoms with Crippen LogP contribution in [-0.4, -0.2) is 29.5 Å². The maximum absolute atomic E-state index is 11.5. The van der Waals surface area contributed by atoms with Gasteiger partial charge in [0.15, 0.2) is 0 Å². The number of H-pyrrole nitrogens is 1. The molecule has 1 unspecified atom stereocenters. The van der Waals surface area contributed by atoms with E-state index in [4.69, 9.17) is 4.74 Å². The number of ether oxygens (including phenoxy) is 1. The van der Waals surface area contributed by atoms with Crippen molar-refractivity contribution in [1.82, 2.24) is 9.88 Å². The smallest absolute Gasteiger partial charge is 0.330 e. The van der Waals surface area contributed by atoms with Gasteiger partial charge in [0.05, 0.1) is 7.11 Å². The van der Waals surface area contributed by atoms with E-state index in [9.17, 15) is 4.79 Å². The van der Waals surface area contributed by atoms with Gasteiger partial charge in [0, 0.05) is 42.3 Å². The molecule has 0 bridgehead atoms. The molecule has 1 heterocycles. The van der Waals surface area contributed by atoms with Crippen LogP contribution in [0.15, 0.2) is 79.0 Å². The Hall–Kier alpha value is -3.63. The summed E-state index contributed by atoms with van der Waals surface area (Å²) >= 11 is 0. The standard InChI is InChI=1S/C31H32N2O2/c1-22-6-5-7-24(18-22)21-33(17-16-26-20-32-29-9-4-3-8-27(26)29)30-14-12-25-19-23(10-13-28(25)30)11-15-31(34)35-2/h3-11,13,15,18-20,30,32H,12,14,16-17,21H2,1-2H3. The van der Waals surface area contributed by atoms with Gasteiger partial charge in [-0.05, 0) is 66.1 Å². The number of benzene rings is 3. The molecule has 0 saturated heterocycles. The van der Waals surface area contributed by atoms with Gasteiger partial charge in [-0.1, -0.05) is 66.2 Å². The van der Waals surface area contributed by atoms with Crippen LogP contribution in [0.25, 0.3) is 17.0 Å². The summed E-state index contributed by atoms with van der Waals surface area (Å²) in [5, 5.41) is 1.32. The molecule has 5 rings (SSSR count). The van der Waals surface area contributed by atoms with Gasteiger partial charge in [-0.25, -0.2) is 4.79 Å². The van der Waals surface area contributed by atoms with Crippen molar-refractivity contribution in [2.24, 2.45) is 0 Å². The number of aromatic nitrogens is 1. The Bertz CT molecular complexity index is 1370. The van der Waals surface area contributed by atoms with E-state index in [2.05, 4.69) is 89.7 Å². The monoisotopic (exact) mass is 464 g/mol. The summed E-state index contributed by atoms with van der Waals surface area (Å²) in [4.78, 5) is 17.6. The van der Waals surface area contributed by atoms with E-state index in [1.54, 1.807) is 0 Å². The number of nitrogens with zero attached hydrogens (tertiary/aromatic N) is 1. The minimum Gasteiger partial charge on any atom is -0.466 e. The van der Waals surface area contributed by atoms with Crippen molar-refractivity contribution in [2.45, 2.75) is 38.8 Å². The van der Waals surface area contributed by atoms with Gasteiger partial charge in [-0.2, -0.15) is 0 Å². The third-order valence-corrected chi connectivity index (χ3v) is 7.08. The minimum atomic E-state index is -0.329. The largest absolute Gasteiger partial charge is 0.466 e. The fourth-order valence-corrected chi connectivity index (χ4v) is 5.32. The Balaban J connectivity index is 1.40. The molecule has 0 amide bonds. The first-order chi connectivity index (χ1) is 17.1. The highest BCUT2D eigenvalue weighted by molar-refractivity contribution is 5.87. The Morgan fingerprint density at radius 3 is 2.86 bits per heavy atom. The first kappa shape index (κ1) is 23.1. The molecule has 0 saturated carbocycles. The zero-order chi connectivity index (χ0) is 24.2. The van der Waals surface area contributed by atoms with Crippen LogP contribution in [0.4, 0.5) is 0 Å². The Morgan fingerprint density at radius 2 is 2.00 bits per heavy atom. The van der Waals surface area contributed by atoms with E-state index in [1.807, 2.05) is 6.08 Å². The highest BCUT2D eigenvalue weighted by atomic mass is 16.5. The van der Waals surface area contributed by atoms with E-state index in [-0.39, 0.29) is 5.97 Å². The number of carbonyl (C=O) groups is 1. The van der Waals surface area contributed by atoms with Gasteiger partial charge in [0.25, 0.3) is 0 Å². The fourth-order valence-electron chi connectivity index (χ4n) is 5.32. The summed E-state index contributed by atoms with van der Waals surface area (Å²) in [7, 11) is 1.40. The second kappa shape index (κ2) is 10.3. The third kappa shape index (κ3) is 5.23. The van der Waals surface area contributed by atoms with E-state index in [0.29, 0.717) is 6.04 Å². The average molecular weight is 465 g/mol. The Labute approximate surface area is 207 Å². The van der Waals surface area contributed by atoms with Crippen molar-refractivity contribution < 1.29 is 9.53 Å². The van der Waals surface area contributed by atoms with Crippen LogP contribution in [0.5, 0.6) is 0 Å². The molecule has 4 nitrogen and oxygen atoms in total. The number of para-hydroxylation sites is 1. The van der Waals surface area contributed by atoms with Crippen molar-refractivity contribution in [2.75, 3.05) is 13.7 Å². The van der Waals surface area contributed by atoms with Crippen molar-refractivity contribution in [3.63, 3.8) is 0 Å². The Kier molecular flexibility index (Phi) is 6.82. The normalized spacial score (nSPS) is 15.2. The van der Waals surface area contributed by atoms with Gasteiger partial charge in [0.2, 0.25) is 0 Å². The Morgan fingerprint density at radius 1 is 1.11 bits per heavy atom. The van der Waals surface area contributed by atoms with Crippen molar-refractivity contribution >= 4 is 22.9 Å². The summed E-state index contributed by atoms with van der Waals surface area (Å²) in [6.45, 7) is 4.08. The SMILES string of the molecule is COC(=O)C=Cc1ccc2c(c1)CCC2N(CCc1c[nH]c2ccccc12)Cc1cccc(C)c1. The molecule has 1 aliphatic rings. The molecular weight excluding hydrogens is 432 g/mol. The maximum Gasteiger partial charge on any atom is 0.330 e. The average Bonchev–Trinajstić information content (AvgIpc) is 3.49. The maximum atomic E-state index is 11.5. The zero-order valence-electron chi connectivity index (χ0n) is 20.5. The number of esters is 1. The molecule has 4 heteroatoms. The van der Waals surface area contributed by atoms with Crippen LogP contribution < -0.4 is 0 Å². The minimum absolute atomic E-state index is 0.329. The van der Waals surface area contributed by atoms with Crippen molar-refractivity contribution in [3.05, 3.63) is 112 Å². The quantitative estimate of drug-likeness (QED) is 0.243. The lowest BCUT2D eigenvalue weighted by Gasteiger charge is -2.30. The molecule has 4 aromatic rings. The fraction of sp³-hybridized carbons (Fsp3) is 0.258. The number of rotatable bonds is 8. The molecule has 1 aromatic heterocycles. The van der Waals surface area contributed by atoms with E-state index >= 15 is 0 Å². The zero-order valence-corrected chi connectivity index (χ0v) is 20.5. The molecule has 1 aliphatic carbocycles. The van der Waals surface area contributed by atoms with Gasteiger partial charge in [-0.3, -0.25) is 4.90 Å². The van der Waals surface area contributed by atoms with Crippen LogP contribution in [0.1, 0.15) is 45.8 Å². The molecule has 0 aliphatic heterocycles. The lowest BCUT2D eigenvalue weighted by molar-refractivity contribution is -0.134. The van der Waals surface area contributed by atoms with Crippen LogP contribution in [0.2, 0.25) is 0 Å². The second-order valence-corrected chi connectivity index (χ2v) is 9.44. The number of carbonyl (C=O) groups excluding carboxylic acids is 1. The topological polar surface area (TPSA) is 45.3 Å². The highest BCUT2D eigenvalue weighted by Crippen LogP contribution is 2.37. The van der Waals surface area contributed by atoms with Crippen LogP contribution in [-0.2, 0) is 28.9 Å². The van der Waals surface area contributed by atoms with Crippen molar-refractivity contribution in [3.8, 4) is 0 Å². The lowest BCUT2D eigenvalue weighted by atomic mass is 10.0. The van der Waals surface area contributed by atoms with Crippen molar-refractivity contribution in [1.29, 1.82) is 0 Å². The van der Waals surface area contributed by atoms with Gasteiger partial charge in [-0.15, -0.1) is 0 Å². The molecule has 3 aromatic carbocycles. The van der Waals surface area contributed by atoms with Crippen LogP contribution in [0.3, 0.4) is 0 Å². The predicted octanol–water partition coefficient (Wildman–Crippen LogP) is 6.39. The highest BCUT2D eigenvalue weighted by Gasteiger charge is 2.28. The first-order valence-electron chi connectivity index (χ1n) is 12.3. The predicted molar refractivity (Wildman–Crippen MR) is 142 cm³/mol. The van der Waals surface area contributed by atoms with E-state index < -0.39 is 0 Å². The number of hydrogen-bond donors (Lipinski definition) is 1. The van der Waals surface area contributed by atoms with Gasteiger partial charge in [0.1, 0.15) is 0 Å². The summed E-state index contributed by atoms with van der Waals surface area (Å²) in [6.07, 6.45) is 8.65. The van der Waals surface area contributed by atoms with Gasteiger partial charge >= 0.3 is 5.97 Å². The third-order valence-electron chi connectivity index (χ3n) is 7.08. The number of hydrogen-bond acceptors (Lipinski definition) is 3. The second-order valence-electron chi connectivity index (χ2n) is 9.44.